The average Bonchev–Trinajstić information content (AvgIpc) is 3.48. The van der Waals surface area contributed by atoms with Gasteiger partial charge in [-0.2, -0.15) is 10.2 Å². The molecule has 2 heterocycles. The van der Waals surface area contributed by atoms with Crippen molar-refractivity contribution in [2.75, 3.05) is 0 Å². The molecule has 0 bridgehead atoms. The van der Waals surface area contributed by atoms with Gasteiger partial charge in [0.05, 0.1) is 24.1 Å². The number of benzene rings is 3. The molecular weight excluding hydrogens is 404 g/mol. The van der Waals surface area contributed by atoms with Crippen molar-refractivity contribution in [1.82, 2.24) is 9.78 Å². The number of rotatable bonds is 5. The Kier molecular flexibility index (Phi) is 5.29. The van der Waals surface area contributed by atoms with Crippen molar-refractivity contribution >= 4 is 27.8 Å². The van der Waals surface area contributed by atoms with E-state index in [1.165, 1.54) is 22.1 Å². The zero-order valence-corrected chi connectivity index (χ0v) is 17.8. The number of nitrogens with zero attached hydrogens (tertiary/aromatic N) is 4. The summed E-state index contributed by atoms with van der Waals surface area (Å²) in [6.45, 7) is 1.99. The van der Waals surface area contributed by atoms with E-state index in [2.05, 4.69) is 40.5 Å². The van der Waals surface area contributed by atoms with Gasteiger partial charge in [0, 0.05) is 5.56 Å². The van der Waals surface area contributed by atoms with Gasteiger partial charge in [-0.1, -0.05) is 72.0 Å². The normalized spacial score (nSPS) is 12.5. The van der Waals surface area contributed by atoms with Gasteiger partial charge in [-0.3, -0.25) is 0 Å². The van der Waals surface area contributed by atoms with Crippen LogP contribution in [0.15, 0.2) is 106 Å². The third kappa shape index (κ3) is 4.11. The summed E-state index contributed by atoms with van der Waals surface area (Å²) in [6.07, 6.45) is 2.29. The van der Waals surface area contributed by atoms with Crippen LogP contribution in [0.25, 0.3) is 16.5 Å². The first-order valence-corrected chi connectivity index (χ1v) is 10.8. The van der Waals surface area contributed by atoms with Crippen LogP contribution >= 0.6 is 11.3 Å². The monoisotopic (exact) mass is 424 g/mol. The van der Waals surface area contributed by atoms with Crippen LogP contribution in [0.1, 0.15) is 23.3 Å². The minimum atomic E-state index is 0.617. The fourth-order valence-corrected chi connectivity index (χ4v) is 4.33. The number of fused-ring (bicyclic) bond motifs is 1. The Labute approximate surface area is 183 Å². The Hall–Kier alpha value is -3.77. The van der Waals surface area contributed by atoms with Crippen LogP contribution in [0.5, 0.6) is 0 Å². The van der Waals surface area contributed by atoms with E-state index in [9.17, 15) is 0 Å². The third-order valence-corrected chi connectivity index (χ3v) is 5.87. The van der Waals surface area contributed by atoms with Crippen LogP contribution in [0.2, 0.25) is 0 Å². The van der Waals surface area contributed by atoms with E-state index < -0.39 is 0 Å². The van der Waals surface area contributed by atoms with E-state index in [1.807, 2.05) is 66.2 Å². The molecule has 5 nitrogen and oxygen atoms in total. The number of furan rings is 1. The lowest BCUT2D eigenvalue weighted by molar-refractivity contribution is 0.519. The molecule has 0 unspecified atom stereocenters. The average molecular weight is 425 g/mol. The van der Waals surface area contributed by atoms with Crippen LogP contribution in [0.4, 0.5) is 0 Å². The zero-order valence-electron chi connectivity index (χ0n) is 17.0. The van der Waals surface area contributed by atoms with Crippen LogP contribution in [-0.2, 0) is 6.42 Å². The first kappa shape index (κ1) is 19.2. The fourth-order valence-electron chi connectivity index (χ4n) is 3.47. The Morgan fingerprint density at radius 2 is 1.74 bits per heavy atom. The minimum absolute atomic E-state index is 0.617. The van der Waals surface area contributed by atoms with Crippen LogP contribution in [-0.4, -0.2) is 15.5 Å². The summed E-state index contributed by atoms with van der Waals surface area (Å²) < 4.78 is 7.32. The molecule has 0 N–H and O–H groups in total. The second-order valence-corrected chi connectivity index (χ2v) is 8.13. The predicted molar refractivity (Wildman–Crippen MR) is 125 cm³/mol. The van der Waals surface area contributed by atoms with Gasteiger partial charge in [-0.05, 0) is 42.0 Å². The molecule has 5 aromatic rings. The van der Waals surface area contributed by atoms with E-state index in [0.717, 1.165) is 27.7 Å². The minimum Gasteiger partial charge on any atom is -0.469 e. The molecule has 0 aliphatic rings. The van der Waals surface area contributed by atoms with Crippen molar-refractivity contribution in [3.8, 4) is 5.69 Å². The van der Waals surface area contributed by atoms with Gasteiger partial charge in [-0.25, -0.2) is 4.68 Å². The maximum atomic E-state index is 5.49. The van der Waals surface area contributed by atoms with Gasteiger partial charge in [0.1, 0.15) is 10.8 Å². The number of para-hydroxylation sites is 1. The topological polar surface area (TPSA) is 55.7 Å². The summed E-state index contributed by atoms with van der Waals surface area (Å²) in [4.78, 5) is 0.715. The van der Waals surface area contributed by atoms with Crippen molar-refractivity contribution in [1.29, 1.82) is 0 Å². The first-order valence-electron chi connectivity index (χ1n) is 10.0. The second kappa shape index (κ2) is 8.53. The van der Waals surface area contributed by atoms with Gasteiger partial charge in [0.15, 0.2) is 0 Å². The summed E-state index contributed by atoms with van der Waals surface area (Å²) in [5.41, 5.74) is 2.88. The van der Waals surface area contributed by atoms with E-state index in [0.29, 0.717) is 11.2 Å². The standard InChI is InChI=1S/C25H20N4OS/c1-18(22-15-7-10-19-9-5-6-14-23(19)22)26-27-25-29(20-11-3-2-4-12-20)28-24(31-25)17-21-13-8-16-30-21/h2-16H,17H2,1H3/b26-18+,27-25+. The fraction of sp³-hybridized carbons (Fsp3) is 0.0800. The maximum Gasteiger partial charge on any atom is 0.233 e. The molecule has 0 spiro atoms. The second-order valence-electron chi connectivity index (χ2n) is 7.09. The molecule has 0 aliphatic heterocycles. The highest BCUT2D eigenvalue weighted by Crippen LogP contribution is 2.19. The van der Waals surface area contributed by atoms with Crippen molar-refractivity contribution in [3.05, 3.63) is 112 Å². The van der Waals surface area contributed by atoms with E-state index in [-0.39, 0.29) is 0 Å². The quantitative estimate of drug-likeness (QED) is 0.273. The maximum absolute atomic E-state index is 5.49. The Morgan fingerprint density at radius 1 is 0.935 bits per heavy atom. The highest BCUT2D eigenvalue weighted by molar-refractivity contribution is 7.08. The lowest BCUT2D eigenvalue weighted by Gasteiger charge is -2.04. The SMILES string of the molecule is C/C(=N\N=c1\sc(Cc2ccco2)nn1-c1ccccc1)c1cccc2ccccc12. The summed E-state index contributed by atoms with van der Waals surface area (Å²) in [5, 5.41) is 17.2. The van der Waals surface area contributed by atoms with Crippen molar-refractivity contribution < 1.29 is 4.42 Å². The highest BCUT2D eigenvalue weighted by atomic mass is 32.1. The first-order chi connectivity index (χ1) is 15.3. The van der Waals surface area contributed by atoms with Crippen molar-refractivity contribution in [2.45, 2.75) is 13.3 Å². The smallest absolute Gasteiger partial charge is 0.233 e. The summed E-state index contributed by atoms with van der Waals surface area (Å²) in [6, 6.07) is 28.4. The van der Waals surface area contributed by atoms with E-state index in [4.69, 9.17) is 9.52 Å². The summed E-state index contributed by atoms with van der Waals surface area (Å²) >= 11 is 1.51. The van der Waals surface area contributed by atoms with Crippen molar-refractivity contribution in [3.63, 3.8) is 0 Å². The Morgan fingerprint density at radius 3 is 2.58 bits per heavy atom. The van der Waals surface area contributed by atoms with Gasteiger partial charge in [0.25, 0.3) is 0 Å². The molecule has 0 saturated carbocycles. The molecule has 0 amide bonds. The molecule has 0 fully saturated rings. The molecule has 2 aromatic heterocycles. The van der Waals surface area contributed by atoms with Crippen LogP contribution in [0.3, 0.4) is 0 Å². The van der Waals surface area contributed by atoms with Gasteiger partial charge in [0.2, 0.25) is 4.80 Å². The van der Waals surface area contributed by atoms with Crippen LogP contribution < -0.4 is 4.80 Å². The third-order valence-electron chi connectivity index (χ3n) is 4.97. The van der Waals surface area contributed by atoms with Gasteiger partial charge < -0.3 is 4.42 Å². The summed E-state index contributed by atoms with van der Waals surface area (Å²) in [7, 11) is 0. The van der Waals surface area contributed by atoms with Crippen LogP contribution in [0, 0.1) is 0 Å². The number of aromatic nitrogens is 2. The molecule has 0 saturated heterocycles. The zero-order chi connectivity index (χ0) is 21.0. The molecule has 0 aliphatic carbocycles. The molecule has 3 aromatic carbocycles. The molecule has 5 rings (SSSR count). The molecule has 0 radical (unpaired) electrons. The predicted octanol–water partition coefficient (Wildman–Crippen LogP) is 5.60. The lowest BCUT2D eigenvalue weighted by atomic mass is 10.0. The largest absolute Gasteiger partial charge is 0.469 e. The number of hydrogen-bond acceptors (Lipinski definition) is 5. The Balaban J connectivity index is 1.58. The lowest BCUT2D eigenvalue weighted by Crippen LogP contribution is -2.14. The summed E-state index contributed by atoms with van der Waals surface area (Å²) in [5.74, 6) is 0.871. The van der Waals surface area contributed by atoms with E-state index >= 15 is 0 Å². The molecular formula is C25H20N4OS. The van der Waals surface area contributed by atoms with Gasteiger partial charge >= 0.3 is 0 Å². The Bertz CT molecular complexity index is 1410. The number of hydrogen-bond donors (Lipinski definition) is 0. The van der Waals surface area contributed by atoms with Gasteiger partial charge in [-0.15, -0.1) is 5.10 Å². The molecule has 6 heteroatoms. The highest BCUT2D eigenvalue weighted by Gasteiger charge is 2.10. The molecule has 0 atom stereocenters. The van der Waals surface area contributed by atoms with E-state index in [1.54, 1.807) is 6.26 Å². The van der Waals surface area contributed by atoms with Crippen molar-refractivity contribution in [2.24, 2.45) is 10.2 Å². The molecule has 31 heavy (non-hydrogen) atoms. The molecule has 152 valence electrons.